The van der Waals surface area contributed by atoms with Gasteiger partial charge in [0.1, 0.15) is 11.9 Å². The number of hydrogen-bond acceptors (Lipinski definition) is 3. The first-order chi connectivity index (χ1) is 9.95. The number of morpholine rings is 1. The molecule has 1 saturated heterocycles. The summed E-state index contributed by atoms with van der Waals surface area (Å²) in [7, 11) is 0. The van der Waals surface area contributed by atoms with Gasteiger partial charge in [0.2, 0.25) is 5.91 Å². The van der Waals surface area contributed by atoms with E-state index in [0.29, 0.717) is 12.6 Å². The monoisotopic (exact) mass is 294 g/mol. The van der Waals surface area contributed by atoms with Gasteiger partial charge in [-0.15, -0.1) is 0 Å². The Morgan fingerprint density at radius 3 is 2.95 bits per heavy atom. The third-order valence-corrected chi connectivity index (χ3v) is 3.97. The molecular formula is C16H23FN2O2. The first-order valence-corrected chi connectivity index (χ1v) is 7.39. The number of hydrogen-bond donors (Lipinski definition) is 1. The summed E-state index contributed by atoms with van der Waals surface area (Å²) < 4.78 is 18.7. The van der Waals surface area contributed by atoms with E-state index < -0.39 is 12.0 Å². The molecular weight excluding hydrogens is 271 g/mol. The minimum atomic E-state index is -0.537. The number of nitrogens with two attached hydrogens (primary N) is 1. The van der Waals surface area contributed by atoms with E-state index in [1.807, 2.05) is 13.0 Å². The SMILES string of the molecule is C[C@@H]1CN([C@@H](C)CCc2cccc(F)c2)C[C@@H](C(N)=O)O1. The van der Waals surface area contributed by atoms with Crippen molar-refractivity contribution in [3.8, 4) is 0 Å². The van der Waals surface area contributed by atoms with Crippen molar-refractivity contribution < 1.29 is 13.9 Å². The molecule has 2 N–H and O–H groups in total. The van der Waals surface area contributed by atoms with E-state index in [-0.39, 0.29) is 11.9 Å². The highest BCUT2D eigenvalue weighted by Crippen LogP contribution is 2.17. The third kappa shape index (κ3) is 4.51. The summed E-state index contributed by atoms with van der Waals surface area (Å²) in [4.78, 5) is 13.5. The fourth-order valence-corrected chi connectivity index (χ4v) is 2.75. The number of carbonyl (C=O) groups is 1. The van der Waals surface area contributed by atoms with E-state index in [0.717, 1.165) is 24.9 Å². The standard InChI is InChI=1S/C16H23FN2O2/c1-11(6-7-13-4-3-5-14(17)8-13)19-9-12(2)21-15(10-19)16(18)20/h3-5,8,11-12,15H,6-7,9-10H2,1-2H3,(H2,18,20)/t11-,12+,15-/m0/s1. The van der Waals surface area contributed by atoms with Gasteiger partial charge in [-0.25, -0.2) is 4.39 Å². The Morgan fingerprint density at radius 1 is 1.52 bits per heavy atom. The van der Waals surface area contributed by atoms with Crippen LogP contribution in [0.3, 0.4) is 0 Å². The van der Waals surface area contributed by atoms with Crippen LogP contribution in [-0.4, -0.2) is 42.1 Å². The summed E-state index contributed by atoms with van der Waals surface area (Å²) in [6.45, 7) is 5.38. The lowest BCUT2D eigenvalue weighted by Gasteiger charge is -2.39. The van der Waals surface area contributed by atoms with E-state index in [4.69, 9.17) is 10.5 Å². The average Bonchev–Trinajstić information content (AvgIpc) is 2.44. The summed E-state index contributed by atoms with van der Waals surface area (Å²) in [5, 5.41) is 0. The number of aryl methyl sites for hydroxylation is 1. The van der Waals surface area contributed by atoms with Crippen molar-refractivity contribution in [1.29, 1.82) is 0 Å². The minimum absolute atomic E-state index is 0.00660. The molecule has 1 aliphatic heterocycles. The third-order valence-electron chi connectivity index (χ3n) is 3.97. The van der Waals surface area contributed by atoms with Gasteiger partial charge < -0.3 is 10.5 Å². The smallest absolute Gasteiger partial charge is 0.247 e. The van der Waals surface area contributed by atoms with Crippen molar-refractivity contribution >= 4 is 5.91 Å². The summed E-state index contributed by atoms with van der Waals surface area (Å²) in [5.74, 6) is -0.613. The molecule has 2 rings (SSSR count). The highest BCUT2D eigenvalue weighted by atomic mass is 19.1. The maximum absolute atomic E-state index is 13.2. The van der Waals surface area contributed by atoms with Gasteiger partial charge in [0.15, 0.2) is 0 Å². The molecule has 0 spiro atoms. The molecule has 5 heteroatoms. The molecule has 116 valence electrons. The molecule has 1 aromatic rings. The molecule has 0 bridgehead atoms. The molecule has 0 saturated carbocycles. The normalized spacial score (nSPS) is 24.7. The fourth-order valence-electron chi connectivity index (χ4n) is 2.75. The largest absolute Gasteiger partial charge is 0.367 e. The number of amides is 1. The van der Waals surface area contributed by atoms with E-state index in [1.165, 1.54) is 6.07 Å². The van der Waals surface area contributed by atoms with E-state index in [2.05, 4.69) is 11.8 Å². The molecule has 0 aromatic heterocycles. The van der Waals surface area contributed by atoms with Gasteiger partial charge in [-0.2, -0.15) is 0 Å². The number of ether oxygens (including phenoxy) is 1. The second-order valence-corrected chi connectivity index (χ2v) is 5.81. The summed E-state index contributed by atoms with van der Waals surface area (Å²) >= 11 is 0. The van der Waals surface area contributed by atoms with Crippen molar-refractivity contribution in [3.63, 3.8) is 0 Å². The van der Waals surface area contributed by atoms with Gasteiger partial charge in [-0.3, -0.25) is 9.69 Å². The molecule has 0 unspecified atom stereocenters. The Morgan fingerprint density at radius 2 is 2.29 bits per heavy atom. The van der Waals surface area contributed by atoms with Gasteiger partial charge in [-0.05, 0) is 44.4 Å². The molecule has 0 aliphatic carbocycles. The van der Waals surface area contributed by atoms with Crippen molar-refractivity contribution in [1.82, 2.24) is 4.90 Å². The molecule has 3 atom stereocenters. The van der Waals surface area contributed by atoms with Crippen LogP contribution in [0.25, 0.3) is 0 Å². The van der Waals surface area contributed by atoms with Crippen LogP contribution in [0.2, 0.25) is 0 Å². The summed E-state index contributed by atoms with van der Waals surface area (Å²) in [6, 6.07) is 6.98. The molecule has 21 heavy (non-hydrogen) atoms. The predicted molar refractivity (Wildman–Crippen MR) is 79.3 cm³/mol. The van der Waals surface area contributed by atoms with Crippen LogP contribution >= 0.6 is 0 Å². The quantitative estimate of drug-likeness (QED) is 0.899. The van der Waals surface area contributed by atoms with Gasteiger partial charge in [0.25, 0.3) is 0 Å². The number of primary amides is 1. The first kappa shape index (κ1) is 15.9. The fraction of sp³-hybridized carbons (Fsp3) is 0.562. The average molecular weight is 294 g/mol. The van der Waals surface area contributed by atoms with Gasteiger partial charge in [0.05, 0.1) is 6.10 Å². The molecule has 1 fully saturated rings. The molecule has 1 aliphatic rings. The van der Waals surface area contributed by atoms with Gasteiger partial charge in [-0.1, -0.05) is 12.1 Å². The van der Waals surface area contributed by atoms with E-state index >= 15 is 0 Å². The number of carbonyl (C=O) groups excluding carboxylic acids is 1. The number of rotatable bonds is 5. The lowest BCUT2D eigenvalue weighted by molar-refractivity contribution is -0.144. The lowest BCUT2D eigenvalue weighted by Crippen LogP contribution is -2.54. The Labute approximate surface area is 125 Å². The van der Waals surface area contributed by atoms with Crippen molar-refractivity contribution in [2.24, 2.45) is 5.73 Å². The van der Waals surface area contributed by atoms with E-state index in [9.17, 15) is 9.18 Å². The topological polar surface area (TPSA) is 55.6 Å². The first-order valence-electron chi connectivity index (χ1n) is 7.39. The van der Waals surface area contributed by atoms with Gasteiger partial charge in [0, 0.05) is 19.1 Å². The summed E-state index contributed by atoms with van der Waals surface area (Å²) in [5.41, 5.74) is 6.34. The molecule has 4 nitrogen and oxygen atoms in total. The van der Waals surface area contributed by atoms with Crippen LogP contribution in [0.15, 0.2) is 24.3 Å². The Bertz CT molecular complexity index is 495. The minimum Gasteiger partial charge on any atom is -0.367 e. The Balaban J connectivity index is 1.90. The van der Waals surface area contributed by atoms with Gasteiger partial charge >= 0.3 is 0 Å². The molecule has 0 radical (unpaired) electrons. The lowest BCUT2D eigenvalue weighted by atomic mass is 10.0. The highest BCUT2D eigenvalue weighted by Gasteiger charge is 2.30. The van der Waals surface area contributed by atoms with Crippen LogP contribution < -0.4 is 5.73 Å². The highest BCUT2D eigenvalue weighted by molar-refractivity contribution is 5.79. The zero-order valence-electron chi connectivity index (χ0n) is 12.6. The molecule has 1 aromatic carbocycles. The second-order valence-electron chi connectivity index (χ2n) is 5.81. The zero-order valence-corrected chi connectivity index (χ0v) is 12.6. The van der Waals surface area contributed by atoms with E-state index in [1.54, 1.807) is 12.1 Å². The van der Waals surface area contributed by atoms with Crippen LogP contribution in [0.5, 0.6) is 0 Å². The van der Waals surface area contributed by atoms with Crippen molar-refractivity contribution in [2.75, 3.05) is 13.1 Å². The van der Waals surface area contributed by atoms with Crippen LogP contribution in [0.4, 0.5) is 4.39 Å². The maximum Gasteiger partial charge on any atom is 0.247 e. The van der Waals surface area contributed by atoms with Crippen LogP contribution in [0, 0.1) is 5.82 Å². The Kier molecular flexibility index (Phi) is 5.31. The summed E-state index contributed by atoms with van der Waals surface area (Å²) in [6.07, 6.45) is 1.17. The number of halogens is 1. The second kappa shape index (κ2) is 7.00. The Hall–Kier alpha value is -1.46. The maximum atomic E-state index is 13.2. The molecule has 1 amide bonds. The zero-order chi connectivity index (χ0) is 15.4. The van der Waals surface area contributed by atoms with Crippen LogP contribution in [-0.2, 0) is 16.0 Å². The van der Waals surface area contributed by atoms with Crippen LogP contribution in [0.1, 0.15) is 25.8 Å². The molecule has 1 heterocycles. The van der Waals surface area contributed by atoms with Crippen molar-refractivity contribution in [3.05, 3.63) is 35.6 Å². The predicted octanol–water partition coefficient (Wildman–Crippen LogP) is 1.72. The number of nitrogens with zero attached hydrogens (tertiary/aromatic N) is 1. The van der Waals surface area contributed by atoms with Crippen molar-refractivity contribution in [2.45, 2.75) is 44.9 Å². The number of benzene rings is 1.